The molecule has 3 rings (SSSR count). The van der Waals surface area contributed by atoms with Crippen LogP contribution in [0.4, 0.5) is 8.78 Å². The molecule has 0 unspecified atom stereocenters. The third-order valence-electron chi connectivity index (χ3n) is 6.13. The highest BCUT2D eigenvalue weighted by Crippen LogP contribution is 2.37. The summed E-state index contributed by atoms with van der Waals surface area (Å²) in [6, 6.07) is 3.40. The summed E-state index contributed by atoms with van der Waals surface area (Å²) in [5, 5.41) is 0. The molecule has 0 aromatic heterocycles. The van der Waals surface area contributed by atoms with Gasteiger partial charge in [-0.2, -0.15) is 0 Å². The van der Waals surface area contributed by atoms with Crippen LogP contribution in [0.5, 0.6) is 0 Å². The van der Waals surface area contributed by atoms with Crippen molar-refractivity contribution in [3.05, 3.63) is 47.5 Å². The normalized spacial score (nSPS) is 28.9. The second-order valence-electron chi connectivity index (χ2n) is 8.07. The zero-order valence-electron chi connectivity index (χ0n) is 16.4. The van der Waals surface area contributed by atoms with Crippen LogP contribution in [-0.4, -0.2) is 19.5 Å². The van der Waals surface area contributed by atoms with E-state index in [1.165, 1.54) is 19.3 Å². The zero-order chi connectivity index (χ0) is 19.2. The van der Waals surface area contributed by atoms with Crippen LogP contribution < -0.4 is 0 Å². The molecule has 0 atom stereocenters. The molecule has 0 radical (unpaired) electrons. The van der Waals surface area contributed by atoms with E-state index in [0.717, 1.165) is 31.6 Å². The van der Waals surface area contributed by atoms with E-state index in [2.05, 4.69) is 6.58 Å². The van der Waals surface area contributed by atoms with E-state index in [0.29, 0.717) is 36.7 Å². The minimum Gasteiger partial charge on any atom is -0.352 e. The first-order valence-corrected chi connectivity index (χ1v) is 10.4. The first-order chi connectivity index (χ1) is 13.1. The number of allylic oxidation sites excluding steroid dienone is 1. The summed E-state index contributed by atoms with van der Waals surface area (Å²) in [7, 11) is 0. The molecule has 1 aliphatic carbocycles. The molecule has 1 aromatic rings. The molecule has 27 heavy (non-hydrogen) atoms. The lowest BCUT2D eigenvalue weighted by Crippen LogP contribution is -2.38. The van der Waals surface area contributed by atoms with Crippen LogP contribution in [0.2, 0.25) is 0 Å². The van der Waals surface area contributed by atoms with Crippen LogP contribution in [0.25, 0.3) is 0 Å². The van der Waals surface area contributed by atoms with Crippen molar-refractivity contribution in [2.75, 3.05) is 13.2 Å². The summed E-state index contributed by atoms with van der Waals surface area (Å²) in [6.07, 6.45) is 10.1. The lowest BCUT2D eigenvalue weighted by molar-refractivity contribution is -0.218. The van der Waals surface area contributed by atoms with Crippen molar-refractivity contribution in [3.8, 4) is 0 Å². The van der Waals surface area contributed by atoms with Gasteiger partial charge >= 0.3 is 0 Å². The van der Waals surface area contributed by atoms with Gasteiger partial charge in [0.25, 0.3) is 0 Å². The summed E-state index contributed by atoms with van der Waals surface area (Å²) in [4.78, 5) is 0. The fourth-order valence-corrected chi connectivity index (χ4v) is 4.45. The van der Waals surface area contributed by atoms with Gasteiger partial charge in [-0.1, -0.05) is 31.6 Å². The molecule has 2 aliphatic rings. The van der Waals surface area contributed by atoms with E-state index in [9.17, 15) is 8.78 Å². The quantitative estimate of drug-likeness (QED) is 0.530. The third kappa shape index (κ3) is 4.97. The Kier molecular flexibility index (Phi) is 7.42. The van der Waals surface area contributed by atoms with Crippen molar-refractivity contribution in [1.82, 2.24) is 0 Å². The Morgan fingerprint density at radius 1 is 1.07 bits per heavy atom. The van der Waals surface area contributed by atoms with E-state index in [1.807, 2.05) is 13.0 Å². The minimum atomic E-state index is -0.737. The molecule has 1 saturated carbocycles. The lowest BCUT2D eigenvalue weighted by Gasteiger charge is -2.37. The number of ether oxygens (including phenoxy) is 2. The van der Waals surface area contributed by atoms with Crippen molar-refractivity contribution in [1.29, 1.82) is 0 Å². The molecule has 4 heteroatoms. The van der Waals surface area contributed by atoms with Gasteiger partial charge in [0.05, 0.1) is 13.2 Å². The van der Waals surface area contributed by atoms with Crippen molar-refractivity contribution in [2.24, 2.45) is 11.8 Å². The van der Waals surface area contributed by atoms with E-state index >= 15 is 0 Å². The molecular weight excluding hydrogens is 346 g/mol. The van der Waals surface area contributed by atoms with Gasteiger partial charge in [0.2, 0.25) is 0 Å². The largest absolute Gasteiger partial charge is 0.352 e. The van der Waals surface area contributed by atoms with E-state index in [4.69, 9.17) is 9.47 Å². The number of benzene rings is 1. The van der Waals surface area contributed by atoms with E-state index in [1.54, 1.807) is 12.1 Å². The second-order valence-corrected chi connectivity index (χ2v) is 8.07. The van der Waals surface area contributed by atoms with Gasteiger partial charge in [-0.15, -0.1) is 6.58 Å². The Labute approximate surface area is 161 Å². The maximum absolute atomic E-state index is 14.5. The van der Waals surface area contributed by atoms with Crippen LogP contribution in [0.3, 0.4) is 0 Å². The van der Waals surface area contributed by atoms with Gasteiger partial charge in [0.1, 0.15) is 0 Å². The average molecular weight is 379 g/mol. The molecule has 150 valence electrons. The average Bonchev–Trinajstić information content (AvgIpc) is 2.71. The maximum Gasteiger partial charge on any atom is 0.162 e. The standard InChI is InChI=1S/C23H32F2O2/c1-3-5-7-16-8-10-18(11-9-16)23-26-14-19(15-27-23)20-13-12-17(6-4-2)21(24)22(20)25/h3,12-13,16,18-19,23H,1,4-11,14-15H2,2H3. The molecule has 2 nitrogen and oxygen atoms in total. The van der Waals surface area contributed by atoms with Crippen molar-refractivity contribution >= 4 is 0 Å². The Balaban J connectivity index is 1.52. The summed E-state index contributed by atoms with van der Waals surface area (Å²) >= 11 is 0. The van der Waals surface area contributed by atoms with Crippen molar-refractivity contribution in [2.45, 2.75) is 70.5 Å². The van der Waals surface area contributed by atoms with Crippen LogP contribution in [-0.2, 0) is 15.9 Å². The summed E-state index contributed by atoms with van der Waals surface area (Å²) in [5.74, 6) is -0.488. The predicted octanol–water partition coefficient (Wildman–Crippen LogP) is 6.15. The van der Waals surface area contributed by atoms with Crippen LogP contribution in [0.15, 0.2) is 24.8 Å². The van der Waals surface area contributed by atoms with Gasteiger partial charge in [0, 0.05) is 11.8 Å². The molecule has 1 heterocycles. The second kappa shape index (κ2) is 9.79. The lowest BCUT2D eigenvalue weighted by atomic mass is 9.79. The topological polar surface area (TPSA) is 18.5 Å². The Morgan fingerprint density at radius 3 is 2.41 bits per heavy atom. The van der Waals surface area contributed by atoms with Gasteiger partial charge < -0.3 is 9.47 Å². The fourth-order valence-electron chi connectivity index (χ4n) is 4.45. The maximum atomic E-state index is 14.5. The van der Waals surface area contributed by atoms with Gasteiger partial charge in [-0.25, -0.2) is 8.78 Å². The molecule has 2 fully saturated rings. The number of halogens is 2. The Hall–Kier alpha value is -1.26. The molecule has 0 bridgehead atoms. The highest BCUT2D eigenvalue weighted by molar-refractivity contribution is 5.29. The van der Waals surface area contributed by atoms with Crippen LogP contribution in [0.1, 0.15) is 68.9 Å². The number of hydrogen-bond acceptors (Lipinski definition) is 2. The summed E-state index contributed by atoms with van der Waals surface area (Å²) in [6.45, 7) is 6.55. The summed E-state index contributed by atoms with van der Waals surface area (Å²) < 4.78 is 40.6. The molecule has 0 N–H and O–H groups in total. The molecule has 0 spiro atoms. The monoisotopic (exact) mass is 378 g/mol. The zero-order valence-corrected chi connectivity index (χ0v) is 16.4. The molecular formula is C23H32F2O2. The molecule has 1 saturated heterocycles. The van der Waals surface area contributed by atoms with Crippen molar-refractivity contribution in [3.63, 3.8) is 0 Å². The summed E-state index contributed by atoms with van der Waals surface area (Å²) in [5.41, 5.74) is 0.821. The first kappa shape index (κ1) is 20.5. The predicted molar refractivity (Wildman–Crippen MR) is 104 cm³/mol. The van der Waals surface area contributed by atoms with Gasteiger partial charge in [-0.05, 0) is 62.0 Å². The van der Waals surface area contributed by atoms with Crippen LogP contribution >= 0.6 is 0 Å². The number of rotatable bonds is 7. The van der Waals surface area contributed by atoms with Gasteiger partial charge in [0.15, 0.2) is 17.9 Å². The van der Waals surface area contributed by atoms with E-state index < -0.39 is 11.6 Å². The van der Waals surface area contributed by atoms with Gasteiger partial charge in [-0.3, -0.25) is 0 Å². The molecule has 1 aromatic carbocycles. The molecule has 0 amide bonds. The highest BCUT2D eigenvalue weighted by Gasteiger charge is 2.34. The Morgan fingerprint density at radius 2 is 1.78 bits per heavy atom. The number of hydrogen-bond donors (Lipinski definition) is 0. The SMILES string of the molecule is C=CCCC1CCC(C2OCC(c3ccc(CCC)c(F)c3F)CO2)CC1. The smallest absolute Gasteiger partial charge is 0.162 e. The van der Waals surface area contributed by atoms with Crippen LogP contribution in [0, 0.1) is 23.5 Å². The first-order valence-electron chi connectivity index (χ1n) is 10.4. The molecule has 1 aliphatic heterocycles. The highest BCUT2D eigenvalue weighted by atomic mass is 19.2. The Bertz CT molecular complexity index is 615. The minimum absolute atomic E-state index is 0.200. The van der Waals surface area contributed by atoms with Crippen molar-refractivity contribution < 1.29 is 18.3 Å². The fraction of sp³-hybridized carbons (Fsp3) is 0.652. The third-order valence-corrected chi connectivity index (χ3v) is 6.13. The van der Waals surface area contributed by atoms with E-state index in [-0.39, 0.29) is 12.2 Å². The number of aryl methyl sites for hydroxylation is 1.